The van der Waals surface area contributed by atoms with Crippen LogP contribution >= 0.6 is 11.6 Å². The van der Waals surface area contributed by atoms with Crippen molar-refractivity contribution in [3.63, 3.8) is 0 Å². The van der Waals surface area contributed by atoms with Crippen LogP contribution in [0, 0.1) is 5.82 Å². The number of rotatable bonds is 4. The average molecular weight is 280 g/mol. The van der Waals surface area contributed by atoms with Gasteiger partial charge >= 0.3 is 0 Å². The van der Waals surface area contributed by atoms with Gasteiger partial charge in [-0.25, -0.2) is 4.39 Å². The molecular weight excluding hydrogens is 265 g/mol. The number of nitrogens with zero attached hydrogens (tertiary/aromatic N) is 1. The molecule has 0 unspecified atom stereocenters. The zero-order valence-electron chi connectivity index (χ0n) is 10.6. The minimum atomic E-state index is -0.251. The third-order valence-electron chi connectivity index (χ3n) is 2.94. The van der Waals surface area contributed by atoms with Crippen LogP contribution in [0.3, 0.4) is 0 Å². The molecule has 0 saturated carbocycles. The van der Waals surface area contributed by atoms with E-state index in [1.807, 2.05) is 18.0 Å². The van der Waals surface area contributed by atoms with Crippen molar-refractivity contribution in [3.05, 3.63) is 64.4 Å². The largest absolute Gasteiger partial charge is 0.392 e. The number of hydrogen-bond acceptors (Lipinski definition) is 2. The maximum atomic E-state index is 13.1. The van der Waals surface area contributed by atoms with Gasteiger partial charge in [-0.2, -0.15) is 0 Å². The van der Waals surface area contributed by atoms with Crippen molar-refractivity contribution in [2.75, 3.05) is 11.9 Å². The van der Waals surface area contributed by atoms with E-state index in [-0.39, 0.29) is 12.4 Å². The smallest absolute Gasteiger partial charge is 0.123 e. The van der Waals surface area contributed by atoms with Gasteiger partial charge in [0.05, 0.1) is 6.61 Å². The highest BCUT2D eigenvalue weighted by molar-refractivity contribution is 6.30. The molecule has 0 heterocycles. The summed E-state index contributed by atoms with van der Waals surface area (Å²) in [6, 6.07) is 11.8. The molecule has 0 aliphatic rings. The Labute approximate surface area is 117 Å². The maximum absolute atomic E-state index is 13.1. The van der Waals surface area contributed by atoms with Crippen LogP contribution in [-0.4, -0.2) is 12.2 Å². The lowest BCUT2D eigenvalue weighted by Crippen LogP contribution is -2.18. The molecule has 1 N–H and O–H groups in total. The van der Waals surface area contributed by atoms with Crippen molar-refractivity contribution in [1.82, 2.24) is 0 Å². The zero-order chi connectivity index (χ0) is 13.8. The molecular formula is C15H15ClFNO. The van der Waals surface area contributed by atoms with E-state index >= 15 is 0 Å². The molecule has 0 aliphatic carbocycles. The first-order valence-corrected chi connectivity index (χ1v) is 6.33. The Bertz CT molecular complexity index is 574. The van der Waals surface area contributed by atoms with Gasteiger partial charge < -0.3 is 10.0 Å². The highest BCUT2D eigenvalue weighted by atomic mass is 35.5. The highest BCUT2D eigenvalue weighted by Crippen LogP contribution is 2.25. The molecule has 0 radical (unpaired) electrons. The molecule has 0 aromatic heterocycles. The normalized spacial score (nSPS) is 10.5. The molecule has 0 aliphatic heterocycles. The summed E-state index contributed by atoms with van der Waals surface area (Å²) in [6.07, 6.45) is 0. The van der Waals surface area contributed by atoms with E-state index in [2.05, 4.69) is 0 Å². The summed E-state index contributed by atoms with van der Waals surface area (Å²) in [5.41, 5.74) is 2.51. The lowest BCUT2D eigenvalue weighted by molar-refractivity contribution is 0.282. The molecule has 19 heavy (non-hydrogen) atoms. The summed E-state index contributed by atoms with van der Waals surface area (Å²) < 4.78 is 13.1. The van der Waals surface area contributed by atoms with E-state index in [9.17, 15) is 9.50 Å². The van der Waals surface area contributed by atoms with Gasteiger partial charge in [0.15, 0.2) is 0 Å². The second-order valence-electron chi connectivity index (χ2n) is 4.42. The van der Waals surface area contributed by atoms with Gasteiger partial charge in [0, 0.05) is 29.9 Å². The second kappa shape index (κ2) is 6.04. The van der Waals surface area contributed by atoms with Crippen LogP contribution in [0.4, 0.5) is 10.1 Å². The minimum absolute atomic E-state index is 0.0556. The van der Waals surface area contributed by atoms with E-state index < -0.39 is 0 Å². The van der Waals surface area contributed by atoms with Crippen molar-refractivity contribution in [3.8, 4) is 0 Å². The number of aliphatic hydroxyl groups excluding tert-OH is 1. The van der Waals surface area contributed by atoms with Crippen molar-refractivity contribution in [1.29, 1.82) is 0 Å². The van der Waals surface area contributed by atoms with E-state index in [0.29, 0.717) is 11.6 Å². The van der Waals surface area contributed by atoms with E-state index in [4.69, 9.17) is 11.6 Å². The van der Waals surface area contributed by atoms with Crippen molar-refractivity contribution in [2.45, 2.75) is 13.2 Å². The zero-order valence-corrected chi connectivity index (χ0v) is 11.4. The van der Waals surface area contributed by atoms with Crippen LogP contribution < -0.4 is 4.90 Å². The summed E-state index contributed by atoms with van der Waals surface area (Å²) in [7, 11) is 1.88. The molecule has 100 valence electrons. The van der Waals surface area contributed by atoms with E-state index in [0.717, 1.165) is 16.8 Å². The number of benzene rings is 2. The lowest BCUT2D eigenvalue weighted by Gasteiger charge is -2.22. The van der Waals surface area contributed by atoms with Crippen LogP contribution in [0.25, 0.3) is 0 Å². The third kappa shape index (κ3) is 3.46. The van der Waals surface area contributed by atoms with Crippen LogP contribution in [0.15, 0.2) is 42.5 Å². The molecule has 0 spiro atoms. The van der Waals surface area contributed by atoms with Gasteiger partial charge in [0.25, 0.3) is 0 Å². The molecule has 0 atom stereocenters. The van der Waals surface area contributed by atoms with E-state index in [1.54, 1.807) is 24.3 Å². The van der Waals surface area contributed by atoms with Gasteiger partial charge in [-0.05, 0) is 29.8 Å². The number of hydrogen-bond donors (Lipinski definition) is 1. The molecule has 2 aromatic rings. The first-order valence-electron chi connectivity index (χ1n) is 5.95. The molecule has 0 bridgehead atoms. The molecule has 2 nitrogen and oxygen atoms in total. The summed E-state index contributed by atoms with van der Waals surface area (Å²) in [4.78, 5) is 1.94. The van der Waals surface area contributed by atoms with Crippen molar-refractivity contribution >= 4 is 17.3 Å². The summed E-state index contributed by atoms with van der Waals surface area (Å²) >= 11 is 5.98. The topological polar surface area (TPSA) is 23.5 Å². The van der Waals surface area contributed by atoms with Crippen molar-refractivity contribution in [2.24, 2.45) is 0 Å². The van der Waals surface area contributed by atoms with Crippen molar-refractivity contribution < 1.29 is 9.50 Å². The second-order valence-corrected chi connectivity index (χ2v) is 4.85. The number of halogens is 2. The van der Waals surface area contributed by atoms with Crippen LogP contribution in [0.2, 0.25) is 5.02 Å². The van der Waals surface area contributed by atoms with Crippen LogP contribution in [0.1, 0.15) is 11.1 Å². The Morgan fingerprint density at radius 3 is 2.68 bits per heavy atom. The fourth-order valence-electron chi connectivity index (χ4n) is 2.02. The van der Waals surface area contributed by atoms with Crippen LogP contribution in [-0.2, 0) is 13.2 Å². The Balaban J connectivity index is 2.24. The molecule has 0 saturated heterocycles. The molecule has 0 amide bonds. The Hall–Kier alpha value is -1.58. The first-order chi connectivity index (χ1) is 9.10. The third-order valence-corrected chi connectivity index (χ3v) is 3.17. The molecule has 2 rings (SSSR count). The monoisotopic (exact) mass is 279 g/mol. The molecule has 4 heteroatoms. The quantitative estimate of drug-likeness (QED) is 0.924. The average Bonchev–Trinajstić information content (AvgIpc) is 2.38. The van der Waals surface area contributed by atoms with Crippen LogP contribution in [0.5, 0.6) is 0 Å². The maximum Gasteiger partial charge on any atom is 0.123 e. The Morgan fingerprint density at radius 2 is 2.00 bits per heavy atom. The SMILES string of the molecule is CN(Cc1cccc(F)c1)c1cc(Cl)ccc1CO. The number of aliphatic hydroxyl groups is 1. The fraction of sp³-hybridized carbons (Fsp3) is 0.200. The lowest BCUT2D eigenvalue weighted by atomic mass is 10.1. The highest BCUT2D eigenvalue weighted by Gasteiger charge is 2.08. The summed E-state index contributed by atoms with van der Waals surface area (Å²) in [6.45, 7) is 0.491. The van der Waals surface area contributed by atoms with Gasteiger partial charge in [-0.15, -0.1) is 0 Å². The predicted octanol–water partition coefficient (Wildman–Crippen LogP) is 3.61. The molecule has 0 fully saturated rings. The fourth-order valence-corrected chi connectivity index (χ4v) is 2.19. The number of anilines is 1. The van der Waals surface area contributed by atoms with Gasteiger partial charge in [-0.3, -0.25) is 0 Å². The van der Waals surface area contributed by atoms with Gasteiger partial charge in [-0.1, -0.05) is 29.8 Å². The predicted molar refractivity (Wildman–Crippen MR) is 75.9 cm³/mol. The Kier molecular flexibility index (Phi) is 4.40. The van der Waals surface area contributed by atoms with Gasteiger partial charge in [0.2, 0.25) is 0 Å². The summed E-state index contributed by atoms with van der Waals surface area (Å²) in [5, 5.41) is 9.95. The van der Waals surface area contributed by atoms with Gasteiger partial charge in [0.1, 0.15) is 5.82 Å². The minimum Gasteiger partial charge on any atom is -0.392 e. The molecule has 2 aromatic carbocycles. The summed E-state index contributed by atoms with van der Waals surface area (Å²) in [5.74, 6) is -0.251. The Morgan fingerprint density at radius 1 is 1.21 bits per heavy atom. The first kappa shape index (κ1) is 13.8. The standard InChI is InChI=1S/C15H15ClFNO/c1-18(9-11-3-2-4-14(17)7-11)15-8-13(16)6-5-12(15)10-19/h2-8,19H,9-10H2,1H3. The van der Waals surface area contributed by atoms with E-state index in [1.165, 1.54) is 12.1 Å².